The molecule has 5 nitrogen and oxygen atoms in total. The van der Waals surface area contributed by atoms with Gasteiger partial charge in [-0.3, -0.25) is 9.59 Å². The first-order valence-electron chi connectivity index (χ1n) is 6.09. The lowest BCUT2D eigenvalue weighted by atomic mass is 9.85. The lowest BCUT2D eigenvalue weighted by Gasteiger charge is -2.21. The summed E-state index contributed by atoms with van der Waals surface area (Å²) in [6.07, 6.45) is 0.0159. The number of hydrogen-bond donors (Lipinski definition) is 2. The van der Waals surface area contributed by atoms with Gasteiger partial charge in [-0.25, -0.2) is 0 Å². The lowest BCUT2D eigenvalue weighted by molar-refractivity contribution is -0.139. The van der Waals surface area contributed by atoms with Gasteiger partial charge in [-0.05, 0) is 23.6 Å². The molecule has 1 rings (SSSR count). The quantitative estimate of drug-likeness (QED) is 0.846. The summed E-state index contributed by atoms with van der Waals surface area (Å²) in [7, 11) is 1.49. The molecule has 1 amide bonds. The summed E-state index contributed by atoms with van der Waals surface area (Å²) in [5.41, 5.74) is -0.155. The van der Waals surface area contributed by atoms with Crippen LogP contribution in [-0.4, -0.2) is 24.1 Å². The van der Waals surface area contributed by atoms with Gasteiger partial charge < -0.3 is 15.2 Å². The summed E-state index contributed by atoms with van der Waals surface area (Å²) in [5, 5.41) is 12.0. The van der Waals surface area contributed by atoms with Crippen molar-refractivity contribution in [2.45, 2.75) is 26.7 Å². The van der Waals surface area contributed by atoms with Crippen LogP contribution < -0.4 is 10.1 Å². The largest absolute Gasteiger partial charge is 0.495 e. The van der Waals surface area contributed by atoms with E-state index >= 15 is 0 Å². The molecule has 0 saturated carbocycles. The number of anilines is 1. The number of carbonyl (C=O) groups is 2. The highest BCUT2D eigenvalue weighted by Gasteiger charge is 2.25. The molecule has 6 heteroatoms. The summed E-state index contributed by atoms with van der Waals surface area (Å²) >= 11 is 5.87. The summed E-state index contributed by atoms with van der Waals surface area (Å²) in [5.74, 6) is -0.709. The Kier molecular flexibility index (Phi) is 5.39. The maximum atomic E-state index is 12.0. The van der Waals surface area contributed by atoms with Crippen LogP contribution in [0.25, 0.3) is 0 Å². The van der Waals surface area contributed by atoms with E-state index in [1.807, 2.05) is 0 Å². The molecule has 0 unspecified atom stereocenters. The number of amides is 1. The van der Waals surface area contributed by atoms with Crippen LogP contribution in [0.5, 0.6) is 5.75 Å². The van der Waals surface area contributed by atoms with Crippen molar-refractivity contribution in [3.63, 3.8) is 0 Å². The molecule has 0 aliphatic carbocycles. The number of ether oxygens (including phenoxy) is 1. The van der Waals surface area contributed by atoms with Crippen molar-refractivity contribution in [3.05, 3.63) is 23.2 Å². The molecule has 0 aromatic heterocycles. The minimum Gasteiger partial charge on any atom is -0.495 e. The van der Waals surface area contributed by atoms with Crippen LogP contribution in [0.15, 0.2) is 18.2 Å². The Morgan fingerprint density at radius 2 is 2.00 bits per heavy atom. The van der Waals surface area contributed by atoms with Gasteiger partial charge in [0.15, 0.2) is 0 Å². The normalized spacial score (nSPS) is 11.0. The first kappa shape index (κ1) is 16.3. The predicted octanol–water partition coefficient (Wildman–Crippen LogP) is 3.18. The van der Waals surface area contributed by atoms with Crippen LogP contribution in [0, 0.1) is 5.41 Å². The Bertz CT molecular complexity index is 514. The second kappa shape index (κ2) is 6.61. The van der Waals surface area contributed by atoms with E-state index in [0.29, 0.717) is 16.5 Å². The predicted molar refractivity (Wildman–Crippen MR) is 77.3 cm³/mol. The third-order valence-electron chi connectivity index (χ3n) is 2.70. The number of methoxy groups -OCH3 is 1. The van der Waals surface area contributed by atoms with Crippen LogP contribution in [-0.2, 0) is 9.59 Å². The standard InChI is InChI=1S/C14H18ClNO4/c1-14(2,8-13(18)19)7-12(17)16-10-6-9(15)4-5-11(10)20-3/h4-6H,7-8H2,1-3H3,(H,16,17)(H,18,19). The SMILES string of the molecule is COc1ccc(Cl)cc1NC(=O)CC(C)(C)CC(=O)O. The van der Waals surface area contributed by atoms with Gasteiger partial charge in [-0.1, -0.05) is 25.4 Å². The second-order valence-corrected chi connectivity index (χ2v) is 5.74. The zero-order valence-electron chi connectivity index (χ0n) is 11.7. The highest BCUT2D eigenvalue weighted by atomic mass is 35.5. The van der Waals surface area contributed by atoms with E-state index in [2.05, 4.69) is 5.32 Å². The van der Waals surface area contributed by atoms with E-state index in [-0.39, 0.29) is 18.7 Å². The molecule has 0 spiro atoms. The molecule has 1 aromatic carbocycles. The Labute approximate surface area is 122 Å². The van der Waals surface area contributed by atoms with Gasteiger partial charge >= 0.3 is 5.97 Å². The van der Waals surface area contributed by atoms with Crippen LogP contribution >= 0.6 is 11.6 Å². The van der Waals surface area contributed by atoms with Crippen LogP contribution in [0.1, 0.15) is 26.7 Å². The molecule has 110 valence electrons. The van der Waals surface area contributed by atoms with Crippen molar-refractivity contribution in [1.29, 1.82) is 0 Å². The maximum Gasteiger partial charge on any atom is 0.303 e. The lowest BCUT2D eigenvalue weighted by Crippen LogP contribution is -2.25. The highest BCUT2D eigenvalue weighted by Crippen LogP contribution is 2.30. The average Bonchev–Trinajstić information content (AvgIpc) is 2.26. The topological polar surface area (TPSA) is 75.6 Å². The fourth-order valence-corrected chi connectivity index (χ4v) is 2.05. The van der Waals surface area contributed by atoms with E-state index in [9.17, 15) is 9.59 Å². The molecule has 0 saturated heterocycles. The minimum atomic E-state index is -0.928. The summed E-state index contributed by atoms with van der Waals surface area (Å²) in [6, 6.07) is 4.90. The van der Waals surface area contributed by atoms with Crippen molar-refractivity contribution in [3.8, 4) is 5.75 Å². The fourth-order valence-electron chi connectivity index (χ4n) is 1.88. The first-order chi connectivity index (χ1) is 9.23. The number of nitrogens with one attached hydrogen (secondary N) is 1. The molecule has 0 aliphatic heterocycles. The number of rotatable bonds is 6. The summed E-state index contributed by atoms with van der Waals surface area (Å²) in [4.78, 5) is 22.7. The van der Waals surface area contributed by atoms with Crippen molar-refractivity contribution in [2.75, 3.05) is 12.4 Å². The Morgan fingerprint density at radius 1 is 1.35 bits per heavy atom. The van der Waals surface area contributed by atoms with Crippen LogP contribution in [0.2, 0.25) is 5.02 Å². The van der Waals surface area contributed by atoms with Gasteiger partial charge in [0.05, 0.1) is 19.2 Å². The number of halogens is 1. The van der Waals surface area contributed by atoms with E-state index in [4.69, 9.17) is 21.4 Å². The summed E-state index contributed by atoms with van der Waals surface area (Å²) in [6.45, 7) is 3.46. The highest BCUT2D eigenvalue weighted by molar-refractivity contribution is 6.31. The minimum absolute atomic E-state index is 0.0763. The van der Waals surface area contributed by atoms with E-state index in [0.717, 1.165) is 0 Å². The van der Waals surface area contributed by atoms with Gasteiger partial charge in [0.2, 0.25) is 5.91 Å². The monoisotopic (exact) mass is 299 g/mol. The van der Waals surface area contributed by atoms with E-state index < -0.39 is 11.4 Å². The molecule has 2 N–H and O–H groups in total. The average molecular weight is 300 g/mol. The Balaban J connectivity index is 2.76. The van der Waals surface area contributed by atoms with Crippen molar-refractivity contribution < 1.29 is 19.4 Å². The molecule has 1 aromatic rings. The van der Waals surface area contributed by atoms with Crippen molar-refractivity contribution in [2.24, 2.45) is 5.41 Å². The van der Waals surface area contributed by atoms with Gasteiger partial charge in [-0.15, -0.1) is 0 Å². The Morgan fingerprint density at radius 3 is 2.55 bits per heavy atom. The van der Waals surface area contributed by atoms with E-state index in [1.54, 1.807) is 32.0 Å². The zero-order valence-corrected chi connectivity index (χ0v) is 12.5. The summed E-state index contributed by atoms with van der Waals surface area (Å²) < 4.78 is 5.13. The molecular formula is C14H18ClNO4. The van der Waals surface area contributed by atoms with Gasteiger partial charge in [0.25, 0.3) is 0 Å². The third kappa shape index (κ3) is 5.09. The van der Waals surface area contributed by atoms with Gasteiger partial charge in [0.1, 0.15) is 5.75 Å². The second-order valence-electron chi connectivity index (χ2n) is 5.30. The molecule has 0 aliphatic rings. The fraction of sp³-hybridized carbons (Fsp3) is 0.429. The van der Waals surface area contributed by atoms with Crippen molar-refractivity contribution in [1.82, 2.24) is 0 Å². The molecule has 0 radical (unpaired) electrons. The number of carboxylic acids is 1. The smallest absolute Gasteiger partial charge is 0.303 e. The van der Waals surface area contributed by atoms with E-state index in [1.165, 1.54) is 7.11 Å². The Hall–Kier alpha value is -1.75. The number of hydrogen-bond acceptors (Lipinski definition) is 3. The molecule has 0 bridgehead atoms. The first-order valence-corrected chi connectivity index (χ1v) is 6.46. The third-order valence-corrected chi connectivity index (χ3v) is 2.94. The molecular weight excluding hydrogens is 282 g/mol. The van der Waals surface area contributed by atoms with Gasteiger partial charge in [0, 0.05) is 11.4 Å². The van der Waals surface area contributed by atoms with Crippen LogP contribution in [0.3, 0.4) is 0 Å². The van der Waals surface area contributed by atoms with Gasteiger partial charge in [-0.2, -0.15) is 0 Å². The van der Waals surface area contributed by atoms with Crippen LogP contribution in [0.4, 0.5) is 5.69 Å². The van der Waals surface area contributed by atoms with Crippen molar-refractivity contribution >= 4 is 29.2 Å². The zero-order chi connectivity index (χ0) is 15.3. The number of benzene rings is 1. The molecule has 0 atom stereocenters. The molecule has 0 heterocycles. The maximum absolute atomic E-state index is 12.0. The number of aliphatic carboxylic acids is 1. The number of carboxylic acid groups (broad SMARTS) is 1. The molecule has 0 fully saturated rings. The number of carbonyl (C=O) groups excluding carboxylic acids is 1. The molecule has 20 heavy (non-hydrogen) atoms.